The van der Waals surface area contributed by atoms with Crippen molar-refractivity contribution in [2.45, 2.75) is 94.9 Å². The first-order valence-electron chi connectivity index (χ1n) is 12.6. The Kier molecular flexibility index (Phi) is 42.1. The van der Waals surface area contributed by atoms with Gasteiger partial charge in [0, 0.05) is 0 Å². The zero-order valence-electron chi connectivity index (χ0n) is 24.2. The third-order valence-electron chi connectivity index (χ3n) is 4.03. The van der Waals surface area contributed by atoms with Crippen LogP contribution in [0, 0.1) is 0 Å². The van der Waals surface area contributed by atoms with Crippen molar-refractivity contribution in [1.29, 1.82) is 0 Å². The molecular weight excluding hydrogens is 754 g/mol. The fraction of sp³-hybridized carbons (Fsp3) is 0.556. The summed E-state index contributed by atoms with van der Waals surface area (Å²) in [6, 6.07) is 0. The van der Waals surface area contributed by atoms with Crippen LogP contribution in [0.5, 0.6) is 0 Å². The summed E-state index contributed by atoms with van der Waals surface area (Å²) in [5.41, 5.74) is -1.06. The van der Waals surface area contributed by atoms with Gasteiger partial charge in [-0.15, -0.1) is 0 Å². The van der Waals surface area contributed by atoms with Gasteiger partial charge in [0.15, 0.2) is 0 Å². The summed E-state index contributed by atoms with van der Waals surface area (Å²) in [6.07, 6.45) is 12.9. The number of aliphatic carboxylic acids is 6. The standard InChI is InChI=1S/2C6H13.3C5H6O4.2Sn/c2*1-3-5-6-4-2;3*1-3(5(8)9)2-4(6)7;;/h2*1,3-6H2,2H3;3*2H,1H3,(H,6,7)(H,8,9);;/q;;;;;2*+3/p-6/b;;3*3-2-;;. The van der Waals surface area contributed by atoms with Crippen molar-refractivity contribution in [3.05, 3.63) is 34.9 Å². The average Bonchev–Trinajstić information content (AvgIpc) is 2.85. The van der Waals surface area contributed by atoms with Crippen LogP contribution in [0.15, 0.2) is 34.9 Å². The molecule has 0 heterocycles. The first-order chi connectivity index (χ1) is 18.9. The Balaban J connectivity index is -0.000000132. The topological polar surface area (TPSA) is 241 Å². The number of hydrogen-bond acceptors (Lipinski definition) is 12. The van der Waals surface area contributed by atoms with Crippen molar-refractivity contribution in [3.63, 3.8) is 0 Å². The molecule has 0 fully saturated rings. The molecule has 0 saturated heterocycles. The Labute approximate surface area is 268 Å². The van der Waals surface area contributed by atoms with Crippen molar-refractivity contribution in [1.82, 2.24) is 0 Å². The molecule has 0 aromatic carbocycles. The average molecular weight is 792 g/mol. The quantitative estimate of drug-likeness (QED) is 0.0951. The van der Waals surface area contributed by atoms with Crippen LogP contribution in [0.25, 0.3) is 0 Å². The second-order valence-electron chi connectivity index (χ2n) is 7.92. The van der Waals surface area contributed by atoms with E-state index in [-0.39, 0.29) is 16.7 Å². The molecule has 0 bridgehead atoms. The Bertz CT molecular complexity index is 749. The van der Waals surface area contributed by atoms with E-state index in [1.807, 2.05) is 0 Å². The normalized spacial score (nSPS) is 10.5. The fourth-order valence-electron chi connectivity index (χ4n) is 1.81. The van der Waals surface area contributed by atoms with E-state index in [4.69, 9.17) is 0 Å². The number of carbonyl (C=O) groups is 6. The predicted octanol–water partition coefficient (Wildman–Crippen LogP) is -3.40. The molecule has 14 heteroatoms. The summed E-state index contributed by atoms with van der Waals surface area (Å²) < 4.78 is 2.90. The molecule has 0 aliphatic heterocycles. The molecule has 0 rings (SSSR count). The van der Waals surface area contributed by atoms with Gasteiger partial charge >= 0.3 is 119 Å². The molecule has 0 atom stereocenters. The van der Waals surface area contributed by atoms with Crippen molar-refractivity contribution < 1.29 is 59.4 Å². The molecule has 0 aliphatic rings. The first kappa shape index (κ1) is 48.4. The second-order valence-corrected chi connectivity index (χ2v) is 10.8. The molecule has 0 unspecified atom stereocenters. The van der Waals surface area contributed by atoms with Crippen molar-refractivity contribution >= 4 is 80.9 Å². The van der Waals surface area contributed by atoms with Gasteiger partial charge in [-0.25, -0.2) is 0 Å². The van der Waals surface area contributed by atoms with E-state index in [9.17, 15) is 59.4 Å². The Morgan fingerprint density at radius 2 is 0.683 bits per heavy atom. The van der Waals surface area contributed by atoms with Gasteiger partial charge in [-0.05, 0) is 55.7 Å². The molecule has 12 nitrogen and oxygen atoms in total. The van der Waals surface area contributed by atoms with Crippen molar-refractivity contribution in [2.24, 2.45) is 0 Å². The Morgan fingerprint density at radius 3 is 0.780 bits per heavy atom. The van der Waals surface area contributed by atoms with Gasteiger partial charge in [0.1, 0.15) is 0 Å². The zero-order valence-corrected chi connectivity index (χ0v) is 29.9. The Hall–Kier alpha value is -2.36. The summed E-state index contributed by atoms with van der Waals surface area (Å²) in [7, 11) is 0. The third kappa shape index (κ3) is 54.4. The maximum absolute atomic E-state index is 9.76. The first-order valence-corrected chi connectivity index (χ1v) is 16.6. The molecule has 0 aliphatic carbocycles. The van der Waals surface area contributed by atoms with Crippen LogP contribution in [-0.2, 0) is 28.8 Å². The summed E-state index contributed by atoms with van der Waals surface area (Å²) >= 11 is 3.40. The van der Waals surface area contributed by atoms with E-state index in [1.54, 1.807) is 45.0 Å². The van der Waals surface area contributed by atoms with E-state index in [0.717, 1.165) is 20.8 Å². The van der Waals surface area contributed by atoms with E-state index >= 15 is 0 Å². The van der Waals surface area contributed by atoms with E-state index < -0.39 is 35.8 Å². The van der Waals surface area contributed by atoms with Crippen LogP contribution in [0.1, 0.15) is 86.0 Å². The Morgan fingerprint density at radius 1 is 0.463 bits per heavy atom. The van der Waals surface area contributed by atoms with Gasteiger partial charge in [0.05, 0.1) is 35.8 Å². The van der Waals surface area contributed by atoms with Crippen LogP contribution in [0.2, 0.25) is 8.87 Å². The summed E-state index contributed by atoms with van der Waals surface area (Å²) in [5.74, 6) is -9.09. The van der Waals surface area contributed by atoms with Crippen LogP contribution in [0.3, 0.4) is 0 Å². The fourth-order valence-corrected chi connectivity index (χ4v) is 3.24. The minimum absolute atomic E-state index is 0.352. The van der Waals surface area contributed by atoms with Gasteiger partial charge in [0.25, 0.3) is 0 Å². The van der Waals surface area contributed by atoms with Crippen molar-refractivity contribution in [3.8, 4) is 0 Å². The monoisotopic (exact) mass is 794 g/mol. The third-order valence-corrected chi connectivity index (χ3v) is 6.05. The second kappa shape index (κ2) is 35.7. The van der Waals surface area contributed by atoms with Crippen LogP contribution in [0.4, 0.5) is 0 Å². The van der Waals surface area contributed by atoms with E-state index in [1.165, 1.54) is 60.2 Å². The number of hydrogen-bond donors (Lipinski definition) is 0. The number of carboxylic acid groups (broad SMARTS) is 6. The predicted molar refractivity (Wildman–Crippen MR) is 141 cm³/mol. The minimum atomic E-state index is -1.53. The number of carbonyl (C=O) groups excluding carboxylic acids is 6. The molecule has 0 N–H and O–H groups in total. The van der Waals surface area contributed by atoms with Gasteiger partial charge in [-0.3, -0.25) is 0 Å². The molecule has 0 radical (unpaired) electrons. The van der Waals surface area contributed by atoms with Crippen molar-refractivity contribution in [2.75, 3.05) is 0 Å². The van der Waals surface area contributed by atoms with E-state index in [2.05, 4.69) is 13.8 Å². The zero-order chi connectivity index (χ0) is 33.4. The molecule has 41 heavy (non-hydrogen) atoms. The number of unbranched alkanes of at least 4 members (excludes halogenated alkanes) is 6. The summed E-state index contributed by atoms with van der Waals surface area (Å²) in [5, 5.41) is 58.2. The van der Waals surface area contributed by atoms with Crippen LogP contribution in [-0.4, -0.2) is 80.9 Å². The summed E-state index contributed by atoms with van der Waals surface area (Å²) in [4.78, 5) is 58.2. The van der Waals surface area contributed by atoms with Gasteiger partial charge in [0.2, 0.25) is 0 Å². The molecule has 226 valence electrons. The van der Waals surface area contributed by atoms with Gasteiger partial charge in [-0.1, -0.05) is 0 Å². The molecule has 0 amide bonds. The summed E-state index contributed by atoms with van der Waals surface area (Å²) in [6.45, 7) is 7.85. The molecular formula is C27H38O12Sn2. The molecule has 0 aromatic heterocycles. The van der Waals surface area contributed by atoms with Crippen LogP contribution < -0.4 is 30.6 Å². The van der Waals surface area contributed by atoms with Crippen LogP contribution >= 0.6 is 0 Å². The van der Waals surface area contributed by atoms with Gasteiger partial charge < -0.3 is 59.4 Å². The molecule has 0 spiro atoms. The maximum atomic E-state index is 9.76. The molecule has 0 saturated carbocycles. The van der Waals surface area contributed by atoms with Gasteiger partial charge in [-0.2, -0.15) is 0 Å². The SMILES string of the molecule is C/C(=C/C(=O)[O-])C(=O)[O-].C/C(=C/C(=O)[O-])C(=O)[O-].C/C(=C/C(=O)[O-])C(=O)[O-].CCCCC[CH2][Sn+3].CCCCC[CH2][Sn+3]. The van der Waals surface area contributed by atoms with E-state index in [0.29, 0.717) is 18.2 Å². The number of rotatable bonds is 14. The molecule has 0 aromatic rings. The number of carboxylic acids is 6.